The number of rotatable bonds is 3. The molecule has 0 saturated carbocycles. The van der Waals surface area contributed by atoms with E-state index < -0.39 is 0 Å². The molecule has 18 heavy (non-hydrogen) atoms. The van der Waals surface area contributed by atoms with Crippen LogP contribution in [0.4, 0.5) is 0 Å². The second-order valence-corrected chi connectivity index (χ2v) is 5.03. The van der Waals surface area contributed by atoms with Crippen LogP contribution in [-0.4, -0.2) is 28.8 Å². The minimum Gasteiger partial charge on any atom is -0.312 e. The number of pyridine rings is 1. The molecular formula is C14H20N2O2. The molecule has 98 valence electrons. The summed E-state index contributed by atoms with van der Waals surface area (Å²) in [6.45, 7) is 6.00. The number of carbonyl (C=O) groups is 1. The molecule has 0 saturated heterocycles. The predicted octanol–water partition coefficient (Wildman–Crippen LogP) is 1.45. The Labute approximate surface area is 107 Å². The number of carbonyl (C=O) groups excluding carboxylic acids is 1. The van der Waals surface area contributed by atoms with E-state index >= 15 is 0 Å². The minimum atomic E-state index is -0.138. The summed E-state index contributed by atoms with van der Waals surface area (Å²) in [5.41, 5.74) is 2.46. The summed E-state index contributed by atoms with van der Waals surface area (Å²) >= 11 is 0. The Kier molecular flexibility index (Phi) is 3.66. The van der Waals surface area contributed by atoms with Gasteiger partial charge in [0.2, 0.25) is 0 Å². The van der Waals surface area contributed by atoms with Crippen molar-refractivity contribution in [1.82, 2.24) is 9.47 Å². The first-order valence-electron chi connectivity index (χ1n) is 6.49. The third-order valence-corrected chi connectivity index (χ3v) is 3.49. The van der Waals surface area contributed by atoms with Crippen molar-refractivity contribution in [3.63, 3.8) is 0 Å². The molecule has 1 aromatic heterocycles. The number of Topliss-reactive ketones (excluding diaryl/α,β-unsaturated/α-hetero) is 1. The topological polar surface area (TPSA) is 42.3 Å². The van der Waals surface area contributed by atoms with Gasteiger partial charge in [-0.05, 0) is 32.0 Å². The van der Waals surface area contributed by atoms with E-state index in [4.69, 9.17) is 0 Å². The molecule has 0 unspecified atom stereocenters. The molecule has 0 radical (unpaired) electrons. The van der Waals surface area contributed by atoms with Gasteiger partial charge in [0.1, 0.15) is 0 Å². The van der Waals surface area contributed by atoms with Crippen LogP contribution in [-0.2, 0) is 19.5 Å². The van der Waals surface area contributed by atoms with Gasteiger partial charge in [-0.3, -0.25) is 9.59 Å². The highest BCUT2D eigenvalue weighted by Crippen LogP contribution is 2.18. The predicted molar refractivity (Wildman–Crippen MR) is 71.0 cm³/mol. The number of hydrogen-bond donors (Lipinski definition) is 0. The van der Waals surface area contributed by atoms with Crippen molar-refractivity contribution in [1.29, 1.82) is 0 Å². The minimum absolute atomic E-state index is 0.118. The molecule has 0 N–H and O–H groups in total. The number of fused-ring (bicyclic) bond motifs is 1. The van der Waals surface area contributed by atoms with E-state index in [1.165, 1.54) is 6.92 Å². The standard InChI is InChI=1S/C14H20N2O2/c1-4-6-16-13-5-7-15(3)9-11(13)8-12(10(2)17)14(16)18/h8H,4-7,9H2,1-3H3. The zero-order chi connectivity index (χ0) is 13.3. The molecule has 1 aliphatic heterocycles. The lowest BCUT2D eigenvalue weighted by Gasteiger charge is -2.28. The fourth-order valence-corrected chi connectivity index (χ4v) is 2.57. The highest BCUT2D eigenvalue weighted by Gasteiger charge is 2.20. The normalized spacial score (nSPS) is 15.5. The number of nitrogens with zero attached hydrogens (tertiary/aromatic N) is 2. The second-order valence-electron chi connectivity index (χ2n) is 5.03. The van der Waals surface area contributed by atoms with Crippen LogP contribution in [0.2, 0.25) is 0 Å². The lowest BCUT2D eigenvalue weighted by molar-refractivity contribution is 0.101. The van der Waals surface area contributed by atoms with Gasteiger partial charge in [0.05, 0.1) is 5.56 Å². The molecule has 0 aromatic carbocycles. The largest absolute Gasteiger partial charge is 0.312 e. The highest BCUT2D eigenvalue weighted by molar-refractivity contribution is 5.93. The maximum Gasteiger partial charge on any atom is 0.261 e. The molecular weight excluding hydrogens is 228 g/mol. The smallest absolute Gasteiger partial charge is 0.261 e. The van der Waals surface area contributed by atoms with E-state index in [1.807, 2.05) is 6.92 Å². The third kappa shape index (κ3) is 2.25. The van der Waals surface area contributed by atoms with Crippen LogP contribution in [0, 0.1) is 0 Å². The lowest BCUT2D eigenvalue weighted by atomic mass is 10.0. The van der Waals surface area contributed by atoms with E-state index in [1.54, 1.807) is 10.6 Å². The Bertz CT molecular complexity index is 531. The van der Waals surface area contributed by atoms with Gasteiger partial charge in [0.25, 0.3) is 5.56 Å². The summed E-state index contributed by atoms with van der Waals surface area (Å²) < 4.78 is 1.80. The summed E-state index contributed by atoms with van der Waals surface area (Å²) in [5, 5.41) is 0. The molecule has 1 aromatic rings. The SMILES string of the molecule is CCCn1c2c(cc(C(C)=O)c1=O)CN(C)CC2. The molecule has 0 atom stereocenters. The van der Waals surface area contributed by atoms with Crippen LogP contribution in [0.15, 0.2) is 10.9 Å². The zero-order valence-electron chi connectivity index (χ0n) is 11.3. The maximum atomic E-state index is 12.3. The van der Waals surface area contributed by atoms with Gasteiger partial charge in [0, 0.05) is 31.7 Å². The Morgan fingerprint density at radius 3 is 2.78 bits per heavy atom. The van der Waals surface area contributed by atoms with E-state index in [0.717, 1.165) is 37.2 Å². The highest BCUT2D eigenvalue weighted by atomic mass is 16.1. The third-order valence-electron chi connectivity index (χ3n) is 3.49. The van der Waals surface area contributed by atoms with E-state index in [9.17, 15) is 9.59 Å². The number of ketones is 1. The molecule has 1 aliphatic rings. The van der Waals surface area contributed by atoms with Gasteiger partial charge < -0.3 is 9.47 Å². The zero-order valence-corrected chi connectivity index (χ0v) is 11.3. The quantitative estimate of drug-likeness (QED) is 0.760. The molecule has 2 heterocycles. The first-order chi connectivity index (χ1) is 8.54. The number of likely N-dealkylation sites (N-methyl/N-ethyl adjacent to an activating group) is 1. The average molecular weight is 248 g/mol. The lowest BCUT2D eigenvalue weighted by Crippen LogP contribution is -2.36. The number of hydrogen-bond acceptors (Lipinski definition) is 3. The van der Waals surface area contributed by atoms with E-state index in [2.05, 4.69) is 11.9 Å². The van der Waals surface area contributed by atoms with Gasteiger partial charge >= 0.3 is 0 Å². The Balaban J connectivity index is 2.62. The van der Waals surface area contributed by atoms with Crippen molar-refractivity contribution < 1.29 is 4.79 Å². The monoisotopic (exact) mass is 248 g/mol. The summed E-state index contributed by atoms with van der Waals surface area (Å²) in [4.78, 5) is 26.1. The van der Waals surface area contributed by atoms with Gasteiger partial charge in [-0.15, -0.1) is 0 Å². The van der Waals surface area contributed by atoms with Crippen LogP contribution in [0.1, 0.15) is 41.9 Å². The Hall–Kier alpha value is -1.42. The summed E-state index contributed by atoms with van der Waals surface area (Å²) in [5.74, 6) is -0.138. The van der Waals surface area contributed by atoms with Crippen LogP contribution >= 0.6 is 0 Å². The first-order valence-corrected chi connectivity index (χ1v) is 6.49. The fourth-order valence-electron chi connectivity index (χ4n) is 2.57. The van der Waals surface area contributed by atoms with Gasteiger partial charge in [-0.1, -0.05) is 6.92 Å². The van der Waals surface area contributed by atoms with E-state index in [-0.39, 0.29) is 11.3 Å². The Morgan fingerprint density at radius 1 is 1.44 bits per heavy atom. The van der Waals surface area contributed by atoms with Crippen molar-refractivity contribution in [2.24, 2.45) is 0 Å². The van der Waals surface area contributed by atoms with E-state index in [0.29, 0.717) is 12.1 Å². The molecule has 4 heteroatoms. The molecule has 0 amide bonds. The average Bonchev–Trinajstić information content (AvgIpc) is 2.32. The molecule has 4 nitrogen and oxygen atoms in total. The summed E-state index contributed by atoms with van der Waals surface area (Å²) in [7, 11) is 2.06. The fraction of sp³-hybridized carbons (Fsp3) is 0.571. The van der Waals surface area contributed by atoms with Crippen LogP contribution < -0.4 is 5.56 Å². The molecule has 0 bridgehead atoms. The summed E-state index contributed by atoms with van der Waals surface area (Å²) in [6, 6.07) is 1.79. The second kappa shape index (κ2) is 5.06. The molecule has 0 spiro atoms. The van der Waals surface area contributed by atoms with Crippen molar-refractivity contribution in [2.75, 3.05) is 13.6 Å². The first kappa shape index (κ1) is 13.0. The van der Waals surface area contributed by atoms with Crippen molar-refractivity contribution in [3.8, 4) is 0 Å². The van der Waals surface area contributed by atoms with Gasteiger partial charge in [-0.25, -0.2) is 0 Å². The van der Waals surface area contributed by atoms with Gasteiger partial charge in [0.15, 0.2) is 5.78 Å². The van der Waals surface area contributed by atoms with Crippen LogP contribution in [0.5, 0.6) is 0 Å². The van der Waals surface area contributed by atoms with Crippen LogP contribution in [0.25, 0.3) is 0 Å². The molecule has 0 aliphatic carbocycles. The molecule has 2 rings (SSSR count). The summed E-state index contributed by atoms with van der Waals surface area (Å²) in [6.07, 6.45) is 1.79. The van der Waals surface area contributed by atoms with Crippen molar-refractivity contribution in [2.45, 2.75) is 39.8 Å². The van der Waals surface area contributed by atoms with Crippen LogP contribution in [0.3, 0.4) is 0 Å². The van der Waals surface area contributed by atoms with Gasteiger partial charge in [-0.2, -0.15) is 0 Å². The van der Waals surface area contributed by atoms with Crippen molar-refractivity contribution >= 4 is 5.78 Å². The maximum absolute atomic E-state index is 12.3. The molecule has 0 fully saturated rings. The number of aromatic nitrogens is 1. The van der Waals surface area contributed by atoms with Crippen molar-refractivity contribution in [3.05, 3.63) is 33.2 Å². The Morgan fingerprint density at radius 2 is 2.17 bits per heavy atom.